The molecule has 9 heavy (non-hydrogen) atoms. The second kappa shape index (κ2) is 3.44. The van der Waals surface area contributed by atoms with Crippen molar-refractivity contribution < 1.29 is 0 Å². The monoisotopic (exact) mass is 224 g/mol. The smallest absolute Gasteiger partial charge is 0.0534 e. The van der Waals surface area contributed by atoms with E-state index in [4.69, 9.17) is 0 Å². The van der Waals surface area contributed by atoms with Crippen molar-refractivity contribution in [3.8, 4) is 0 Å². The molecular formula is C6H13BrSSi. The Hall–Kier alpha value is 1.05. The first kappa shape index (κ1) is 8.15. The molecule has 3 heteroatoms. The van der Waals surface area contributed by atoms with Crippen LogP contribution in [0.25, 0.3) is 0 Å². The molecule has 1 rings (SSSR count). The van der Waals surface area contributed by atoms with Crippen molar-refractivity contribution in [3.63, 3.8) is 0 Å². The number of hydrogen-bond donors (Lipinski definition) is 1. The highest BCUT2D eigenvalue weighted by atomic mass is 79.9. The molecule has 0 amide bonds. The van der Waals surface area contributed by atoms with Gasteiger partial charge in [0.15, 0.2) is 0 Å². The summed E-state index contributed by atoms with van der Waals surface area (Å²) in [4.78, 5) is 0. The average molecular weight is 225 g/mol. The summed E-state index contributed by atoms with van der Waals surface area (Å²) in [6.45, 7) is 2.29. The Morgan fingerprint density at radius 2 is 2.44 bits per heavy atom. The first-order valence-electron chi connectivity index (χ1n) is 3.52. The van der Waals surface area contributed by atoms with Crippen molar-refractivity contribution >= 4 is 37.4 Å². The van der Waals surface area contributed by atoms with E-state index >= 15 is 0 Å². The van der Waals surface area contributed by atoms with E-state index in [0.717, 1.165) is 9.70 Å². The van der Waals surface area contributed by atoms with Crippen LogP contribution >= 0.6 is 28.6 Å². The quantitative estimate of drug-likeness (QED) is 0.395. The van der Waals surface area contributed by atoms with E-state index in [1.807, 2.05) is 0 Å². The van der Waals surface area contributed by atoms with Gasteiger partial charge in [-0.15, -0.1) is 0 Å². The maximum atomic E-state index is 4.46. The minimum Gasteiger partial charge on any atom is -0.176 e. The van der Waals surface area contributed by atoms with Crippen molar-refractivity contribution in [2.45, 2.75) is 35.1 Å². The molecule has 0 radical (unpaired) electrons. The number of rotatable bonds is 1. The summed E-state index contributed by atoms with van der Waals surface area (Å²) in [7, 11) is -0.372. The fraction of sp³-hybridized carbons (Fsp3) is 1.00. The molecule has 0 aromatic carbocycles. The zero-order valence-electron chi connectivity index (χ0n) is 5.68. The van der Waals surface area contributed by atoms with Crippen molar-refractivity contribution in [3.05, 3.63) is 0 Å². The van der Waals surface area contributed by atoms with Crippen LogP contribution in [0.4, 0.5) is 0 Å². The van der Waals surface area contributed by atoms with E-state index < -0.39 is 0 Å². The van der Waals surface area contributed by atoms with Crippen molar-refractivity contribution in [2.75, 3.05) is 0 Å². The lowest BCUT2D eigenvalue weighted by molar-refractivity contribution is 0.963. The molecule has 0 bridgehead atoms. The summed E-state index contributed by atoms with van der Waals surface area (Å²) >= 11 is 8.12. The molecule has 1 aliphatic heterocycles. The summed E-state index contributed by atoms with van der Waals surface area (Å²) in [5.74, 6) is 0. The molecule has 3 atom stereocenters. The maximum absolute atomic E-state index is 4.46. The van der Waals surface area contributed by atoms with Gasteiger partial charge in [0.2, 0.25) is 0 Å². The van der Waals surface area contributed by atoms with Gasteiger partial charge in [-0.2, -0.15) is 12.6 Å². The Balaban J connectivity index is 2.30. The van der Waals surface area contributed by atoms with E-state index in [1.165, 1.54) is 18.5 Å². The van der Waals surface area contributed by atoms with Gasteiger partial charge in [0.1, 0.15) is 0 Å². The third kappa shape index (κ3) is 2.28. The number of thiol groups is 1. The predicted molar refractivity (Wildman–Crippen MR) is 52.5 cm³/mol. The van der Waals surface area contributed by atoms with Crippen LogP contribution in [-0.4, -0.2) is 18.5 Å². The van der Waals surface area contributed by atoms with Crippen LogP contribution in [0.15, 0.2) is 0 Å². The first-order valence-corrected chi connectivity index (χ1v) is 7.25. The van der Waals surface area contributed by atoms with Gasteiger partial charge >= 0.3 is 0 Å². The van der Waals surface area contributed by atoms with Crippen LogP contribution in [0, 0.1) is 0 Å². The summed E-state index contributed by atoms with van der Waals surface area (Å²) in [6.07, 6.45) is 1.37. The molecule has 0 N–H and O–H groups in total. The first-order chi connectivity index (χ1) is 4.20. The molecule has 1 aliphatic rings. The summed E-state index contributed by atoms with van der Waals surface area (Å²) in [6, 6.07) is 2.94. The van der Waals surface area contributed by atoms with Crippen LogP contribution < -0.4 is 0 Å². The van der Waals surface area contributed by atoms with E-state index in [2.05, 4.69) is 35.5 Å². The van der Waals surface area contributed by atoms with Gasteiger partial charge in [-0.05, 0) is 17.7 Å². The highest BCUT2D eigenvalue weighted by Crippen LogP contribution is 2.28. The third-order valence-electron chi connectivity index (χ3n) is 2.10. The third-order valence-corrected chi connectivity index (χ3v) is 8.75. The van der Waals surface area contributed by atoms with Gasteiger partial charge in [0.25, 0.3) is 0 Å². The van der Waals surface area contributed by atoms with Crippen LogP contribution in [0.5, 0.6) is 0 Å². The van der Waals surface area contributed by atoms with Gasteiger partial charge in [-0.25, -0.2) is 0 Å². The van der Waals surface area contributed by atoms with Crippen LogP contribution in [-0.2, 0) is 0 Å². The second-order valence-corrected chi connectivity index (χ2v) is 9.62. The minimum absolute atomic E-state index is 0.372. The fourth-order valence-electron chi connectivity index (χ4n) is 1.41. The van der Waals surface area contributed by atoms with Crippen molar-refractivity contribution in [1.29, 1.82) is 0 Å². The molecule has 0 saturated carbocycles. The lowest BCUT2D eigenvalue weighted by Crippen LogP contribution is -2.18. The average Bonchev–Trinajstić information content (AvgIpc) is 2.14. The molecule has 0 aliphatic carbocycles. The summed E-state index contributed by atoms with van der Waals surface area (Å²) in [5, 5.41) is 0.738. The fourth-order valence-corrected chi connectivity index (χ4v) is 6.93. The maximum Gasteiger partial charge on any atom is 0.0534 e. The van der Waals surface area contributed by atoms with Gasteiger partial charge < -0.3 is 0 Å². The Bertz CT molecular complexity index is 97.1. The van der Waals surface area contributed by atoms with E-state index in [0.29, 0.717) is 0 Å². The van der Waals surface area contributed by atoms with Gasteiger partial charge in [-0.3, -0.25) is 0 Å². The number of halogens is 1. The summed E-state index contributed by atoms with van der Waals surface area (Å²) < 4.78 is 0.828. The lowest BCUT2D eigenvalue weighted by atomic mass is 10.4. The Morgan fingerprint density at radius 1 is 1.78 bits per heavy atom. The van der Waals surface area contributed by atoms with E-state index in [9.17, 15) is 0 Å². The lowest BCUT2D eigenvalue weighted by Gasteiger charge is -2.08. The number of hydrogen-bond acceptors (Lipinski definition) is 1. The van der Waals surface area contributed by atoms with Crippen LogP contribution in [0.2, 0.25) is 12.1 Å². The van der Waals surface area contributed by atoms with Gasteiger partial charge in [-0.1, -0.05) is 28.9 Å². The molecule has 1 saturated heterocycles. The topological polar surface area (TPSA) is 0 Å². The molecular weight excluding hydrogens is 212 g/mol. The molecule has 1 fully saturated rings. The number of alkyl halides is 1. The molecule has 0 aromatic rings. The van der Waals surface area contributed by atoms with Gasteiger partial charge in [0, 0.05) is 4.45 Å². The molecule has 0 spiro atoms. The molecule has 0 nitrogen and oxygen atoms in total. The van der Waals surface area contributed by atoms with E-state index in [-0.39, 0.29) is 8.80 Å². The second-order valence-electron chi connectivity index (χ2n) is 2.90. The van der Waals surface area contributed by atoms with Crippen molar-refractivity contribution in [2.24, 2.45) is 0 Å². The largest absolute Gasteiger partial charge is 0.176 e. The predicted octanol–water partition coefficient (Wildman–Crippen LogP) is 2.24. The van der Waals surface area contributed by atoms with E-state index in [1.54, 1.807) is 0 Å². The zero-order chi connectivity index (χ0) is 6.85. The van der Waals surface area contributed by atoms with Gasteiger partial charge in [0.05, 0.1) is 8.80 Å². The minimum atomic E-state index is -0.372. The zero-order valence-corrected chi connectivity index (χ0v) is 9.31. The highest BCUT2D eigenvalue weighted by Gasteiger charge is 2.26. The van der Waals surface area contributed by atoms with Crippen molar-refractivity contribution in [1.82, 2.24) is 0 Å². The Labute approximate surface area is 72.6 Å². The highest BCUT2D eigenvalue weighted by molar-refractivity contribution is 9.10. The molecule has 0 aromatic heterocycles. The molecule has 3 unspecified atom stereocenters. The Kier molecular flexibility index (Phi) is 3.12. The summed E-state index contributed by atoms with van der Waals surface area (Å²) in [5.41, 5.74) is 0. The molecule has 1 heterocycles. The van der Waals surface area contributed by atoms with Crippen LogP contribution in [0.1, 0.15) is 13.3 Å². The molecule has 54 valence electrons. The normalized spacial score (nSPS) is 39.0. The Morgan fingerprint density at radius 3 is 2.67 bits per heavy atom. The van der Waals surface area contributed by atoms with Crippen LogP contribution in [0.3, 0.4) is 0 Å². The standard InChI is InChI=1S/C6H13BrSSi/c1-5(7)9-3-2-6(8)4-9/h5-6,8-9H,2-4H2,1H3. The SMILES string of the molecule is CC(Br)[SiH]1CCC(S)C1.